The highest BCUT2D eigenvalue weighted by atomic mass is 16.1. The van der Waals surface area contributed by atoms with Crippen molar-refractivity contribution in [1.82, 2.24) is 5.32 Å². The topological polar surface area (TPSA) is 29.1 Å². The summed E-state index contributed by atoms with van der Waals surface area (Å²) in [5.41, 5.74) is 1.45. The molecule has 0 aliphatic carbocycles. The van der Waals surface area contributed by atoms with Crippen molar-refractivity contribution in [3.63, 3.8) is 0 Å². The Labute approximate surface area is 110 Å². The normalized spacial score (nSPS) is 11.9. The Balaban J connectivity index is 2.71. The molecular formula is C16H21NO. The lowest BCUT2D eigenvalue weighted by Crippen LogP contribution is -2.38. The van der Waals surface area contributed by atoms with Crippen LogP contribution in [0.25, 0.3) is 0 Å². The molecule has 0 radical (unpaired) electrons. The number of hydrogen-bond acceptors (Lipinski definition) is 1. The molecule has 0 fully saturated rings. The second-order valence-corrected chi connectivity index (χ2v) is 4.83. The lowest BCUT2D eigenvalue weighted by molar-refractivity contribution is 0.0923. The molecule has 0 heterocycles. The fourth-order valence-corrected chi connectivity index (χ4v) is 1.85. The quantitative estimate of drug-likeness (QED) is 0.790. The van der Waals surface area contributed by atoms with Crippen LogP contribution in [-0.2, 0) is 0 Å². The molecule has 0 unspecified atom stereocenters. The standard InChI is InChI=1S/C16H21NO/c1-5-7-15(12(3)4)17-16(18)14-10-8-13(6-2)9-11-14/h2,8-12,15H,5,7H2,1,3-4H3,(H,17,18)/t15-/m0/s1. The number of terminal acetylenes is 1. The Morgan fingerprint density at radius 3 is 2.39 bits per heavy atom. The number of rotatable bonds is 5. The van der Waals surface area contributed by atoms with E-state index < -0.39 is 0 Å². The number of hydrogen-bond donors (Lipinski definition) is 1. The van der Waals surface area contributed by atoms with Crippen molar-refractivity contribution in [3.05, 3.63) is 35.4 Å². The van der Waals surface area contributed by atoms with E-state index >= 15 is 0 Å². The maximum atomic E-state index is 12.1. The molecular weight excluding hydrogens is 222 g/mol. The van der Waals surface area contributed by atoms with E-state index in [1.807, 2.05) is 0 Å². The maximum Gasteiger partial charge on any atom is 0.251 e. The maximum absolute atomic E-state index is 12.1. The van der Waals surface area contributed by atoms with Gasteiger partial charge in [-0.25, -0.2) is 0 Å². The van der Waals surface area contributed by atoms with E-state index in [0.29, 0.717) is 11.5 Å². The van der Waals surface area contributed by atoms with Crippen molar-refractivity contribution in [3.8, 4) is 12.3 Å². The summed E-state index contributed by atoms with van der Waals surface area (Å²) in [4.78, 5) is 12.1. The van der Waals surface area contributed by atoms with Gasteiger partial charge in [0.05, 0.1) is 0 Å². The van der Waals surface area contributed by atoms with Gasteiger partial charge in [-0.05, 0) is 36.6 Å². The lowest BCUT2D eigenvalue weighted by Gasteiger charge is -2.21. The van der Waals surface area contributed by atoms with Gasteiger partial charge in [0.2, 0.25) is 0 Å². The molecule has 1 rings (SSSR count). The third-order valence-corrected chi connectivity index (χ3v) is 3.03. The number of amides is 1. The molecule has 96 valence electrons. The van der Waals surface area contributed by atoms with Gasteiger partial charge in [0, 0.05) is 17.2 Å². The molecule has 2 heteroatoms. The van der Waals surface area contributed by atoms with Crippen LogP contribution < -0.4 is 5.32 Å². The van der Waals surface area contributed by atoms with Crippen LogP contribution in [0.5, 0.6) is 0 Å². The molecule has 0 aliphatic rings. The Hall–Kier alpha value is -1.75. The van der Waals surface area contributed by atoms with Crippen LogP contribution in [0, 0.1) is 18.3 Å². The molecule has 1 atom stereocenters. The first-order valence-corrected chi connectivity index (χ1v) is 6.46. The average molecular weight is 243 g/mol. The van der Waals surface area contributed by atoms with Gasteiger partial charge in [-0.1, -0.05) is 33.1 Å². The van der Waals surface area contributed by atoms with Gasteiger partial charge in [0.15, 0.2) is 0 Å². The van der Waals surface area contributed by atoms with Crippen LogP contribution in [0.1, 0.15) is 49.5 Å². The molecule has 0 saturated heterocycles. The first-order chi connectivity index (χ1) is 8.58. The monoisotopic (exact) mass is 243 g/mol. The first-order valence-electron chi connectivity index (χ1n) is 6.46. The summed E-state index contributed by atoms with van der Waals surface area (Å²) in [6.45, 7) is 6.38. The van der Waals surface area contributed by atoms with Crippen LogP contribution in [0.15, 0.2) is 24.3 Å². The fraction of sp³-hybridized carbons (Fsp3) is 0.438. The Kier molecular flexibility index (Phi) is 5.45. The highest BCUT2D eigenvalue weighted by Crippen LogP contribution is 2.10. The van der Waals surface area contributed by atoms with Gasteiger partial charge < -0.3 is 5.32 Å². The molecule has 1 amide bonds. The molecule has 2 nitrogen and oxygen atoms in total. The molecule has 0 bridgehead atoms. The van der Waals surface area contributed by atoms with Gasteiger partial charge >= 0.3 is 0 Å². The SMILES string of the molecule is C#Cc1ccc(C(=O)N[C@@H](CCC)C(C)C)cc1. The Morgan fingerprint density at radius 2 is 1.94 bits per heavy atom. The van der Waals surface area contributed by atoms with Gasteiger partial charge in [0.1, 0.15) is 0 Å². The Bertz CT molecular complexity index is 425. The number of carbonyl (C=O) groups excluding carboxylic acids is 1. The van der Waals surface area contributed by atoms with Crippen LogP contribution in [0.4, 0.5) is 0 Å². The molecule has 18 heavy (non-hydrogen) atoms. The third kappa shape index (κ3) is 3.92. The summed E-state index contributed by atoms with van der Waals surface area (Å²) >= 11 is 0. The summed E-state index contributed by atoms with van der Waals surface area (Å²) in [6, 6.07) is 7.36. The van der Waals surface area contributed by atoms with Crippen LogP contribution >= 0.6 is 0 Å². The smallest absolute Gasteiger partial charge is 0.251 e. The third-order valence-electron chi connectivity index (χ3n) is 3.03. The highest BCUT2D eigenvalue weighted by molar-refractivity contribution is 5.94. The van der Waals surface area contributed by atoms with E-state index in [-0.39, 0.29) is 11.9 Å². The zero-order valence-electron chi connectivity index (χ0n) is 11.4. The van der Waals surface area contributed by atoms with Crippen molar-refractivity contribution in [2.75, 3.05) is 0 Å². The molecule has 1 N–H and O–H groups in total. The zero-order valence-corrected chi connectivity index (χ0v) is 11.4. The molecule has 0 saturated carbocycles. The molecule has 0 spiro atoms. The molecule has 0 aliphatic heterocycles. The van der Waals surface area contributed by atoms with Crippen molar-refractivity contribution >= 4 is 5.91 Å². The van der Waals surface area contributed by atoms with E-state index in [9.17, 15) is 4.79 Å². The fourth-order valence-electron chi connectivity index (χ4n) is 1.85. The summed E-state index contributed by atoms with van der Waals surface area (Å²) in [5, 5.41) is 3.08. The van der Waals surface area contributed by atoms with Crippen LogP contribution in [-0.4, -0.2) is 11.9 Å². The minimum atomic E-state index is -0.0225. The van der Waals surface area contributed by atoms with Gasteiger partial charge in [0.25, 0.3) is 5.91 Å². The van der Waals surface area contributed by atoms with E-state index in [4.69, 9.17) is 6.42 Å². The largest absolute Gasteiger partial charge is 0.349 e. The zero-order chi connectivity index (χ0) is 13.5. The molecule has 0 aromatic heterocycles. The predicted molar refractivity (Wildman–Crippen MR) is 75.4 cm³/mol. The lowest BCUT2D eigenvalue weighted by atomic mass is 9.99. The van der Waals surface area contributed by atoms with E-state index in [1.165, 1.54) is 0 Å². The van der Waals surface area contributed by atoms with Crippen molar-refractivity contribution < 1.29 is 4.79 Å². The van der Waals surface area contributed by atoms with E-state index in [1.54, 1.807) is 24.3 Å². The summed E-state index contributed by atoms with van der Waals surface area (Å²) in [6.07, 6.45) is 7.36. The first kappa shape index (κ1) is 14.3. The highest BCUT2D eigenvalue weighted by Gasteiger charge is 2.15. The minimum Gasteiger partial charge on any atom is -0.349 e. The second kappa shape index (κ2) is 6.86. The average Bonchev–Trinajstić information content (AvgIpc) is 2.38. The molecule has 1 aromatic carbocycles. The van der Waals surface area contributed by atoms with Gasteiger partial charge in [-0.3, -0.25) is 4.79 Å². The van der Waals surface area contributed by atoms with Crippen LogP contribution in [0.2, 0.25) is 0 Å². The van der Waals surface area contributed by atoms with Gasteiger partial charge in [-0.2, -0.15) is 0 Å². The van der Waals surface area contributed by atoms with Crippen molar-refractivity contribution in [1.29, 1.82) is 0 Å². The number of carbonyl (C=O) groups is 1. The number of benzene rings is 1. The van der Waals surface area contributed by atoms with E-state index in [0.717, 1.165) is 18.4 Å². The summed E-state index contributed by atoms with van der Waals surface area (Å²) in [5.74, 6) is 2.96. The van der Waals surface area contributed by atoms with Crippen molar-refractivity contribution in [2.45, 2.75) is 39.7 Å². The van der Waals surface area contributed by atoms with Crippen LogP contribution in [0.3, 0.4) is 0 Å². The van der Waals surface area contributed by atoms with E-state index in [2.05, 4.69) is 32.0 Å². The Morgan fingerprint density at radius 1 is 1.33 bits per heavy atom. The summed E-state index contributed by atoms with van der Waals surface area (Å²) in [7, 11) is 0. The van der Waals surface area contributed by atoms with Crippen molar-refractivity contribution in [2.24, 2.45) is 5.92 Å². The number of nitrogens with one attached hydrogen (secondary N) is 1. The minimum absolute atomic E-state index is 0.0225. The second-order valence-electron chi connectivity index (χ2n) is 4.83. The van der Waals surface area contributed by atoms with Gasteiger partial charge in [-0.15, -0.1) is 6.42 Å². The molecule has 1 aromatic rings. The summed E-state index contributed by atoms with van der Waals surface area (Å²) < 4.78 is 0. The predicted octanol–water partition coefficient (Wildman–Crippen LogP) is 3.22.